The molecule has 0 aliphatic rings. The normalized spacial score (nSPS) is 13.1. The predicted octanol–water partition coefficient (Wildman–Crippen LogP) is 3.42. The van der Waals surface area contributed by atoms with Gasteiger partial charge < -0.3 is 0 Å². The van der Waals surface area contributed by atoms with Crippen LogP contribution in [0.25, 0.3) is 0 Å². The van der Waals surface area contributed by atoms with Gasteiger partial charge in [0, 0.05) is 6.54 Å². The molecule has 0 aliphatic heterocycles. The summed E-state index contributed by atoms with van der Waals surface area (Å²) in [5, 5.41) is 0.229. The van der Waals surface area contributed by atoms with Crippen molar-refractivity contribution in [2.24, 2.45) is 0 Å². The van der Waals surface area contributed by atoms with Gasteiger partial charge in [-0.05, 0) is 23.6 Å². The first kappa shape index (κ1) is 15.0. The van der Waals surface area contributed by atoms with E-state index >= 15 is 0 Å². The lowest BCUT2D eigenvalue weighted by Gasteiger charge is -2.14. The second-order valence-electron chi connectivity index (χ2n) is 4.59. The van der Waals surface area contributed by atoms with Crippen molar-refractivity contribution < 1.29 is 8.42 Å². The number of benzene rings is 2. The van der Waals surface area contributed by atoms with Crippen molar-refractivity contribution in [2.45, 2.75) is 17.7 Å². The third-order valence-corrected chi connectivity index (χ3v) is 5.00. The Hall–Kier alpha value is -1.36. The Morgan fingerprint density at radius 2 is 1.65 bits per heavy atom. The molecule has 0 saturated heterocycles. The fourth-order valence-electron chi connectivity index (χ4n) is 1.87. The highest BCUT2D eigenvalue weighted by Gasteiger charge is 2.18. The third kappa shape index (κ3) is 3.60. The van der Waals surface area contributed by atoms with E-state index < -0.39 is 10.0 Å². The molecule has 0 saturated carbocycles. The average Bonchev–Trinajstić information content (AvgIpc) is 2.46. The highest BCUT2D eigenvalue weighted by Crippen LogP contribution is 2.21. The van der Waals surface area contributed by atoms with Gasteiger partial charge in [-0.15, -0.1) is 0 Å². The van der Waals surface area contributed by atoms with E-state index in [0.29, 0.717) is 6.54 Å². The minimum absolute atomic E-state index is 0.0912. The molecule has 2 aromatic rings. The van der Waals surface area contributed by atoms with Crippen LogP contribution in [0.3, 0.4) is 0 Å². The van der Waals surface area contributed by atoms with Gasteiger partial charge in [-0.1, -0.05) is 61.0 Å². The summed E-state index contributed by atoms with van der Waals surface area (Å²) in [6, 6.07) is 16.2. The Kier molecular flexibility index (Phi) is 4.81. The van der Waals surface area contributed by atoms with Crippen LogP contribution in [0.15, 0.2) is 59.5 Å². The standard InChI is InChI=1S/C15H16ClNO2S/c1-12(13-7-3-2-4-8-13)11-17-20(18,19)15-10-6-5-9-14(15)16/h2-10,12,17H,11H2,1H3/t12-/m1/s1. The van der Waals surface area contributed by atoms with E-state index in [0.717, 1.165) is 5.56 Å². The summed E-state index contributed by atoms with van der Waals surface area (Å²) in [6.45, 7) is 2.31. The molecule has 1 N–H and O–H groups in total. The number of sulfonamides is 1. The highest BCUT2D eigenvalue weighted by molar-refractivity contribution is 7.89. The van der Waals surface area contributed by atoms with Gasteiger partial charge in [0.15, 0.2) is 0 Å². The first-order valence-electron chi connectivity index (χ1n) is 6.30. The largest absolute Gasteiger partial charge is 0.242 e. The summed E-state index contributed by atoms with van der Waals surface area (Å²) in [5.74, 6) is 0.0912. The first-order chi connectivity index (χ1) is 9.50. The lowest BCUT2D eigenvalue weighted by atomic mass is 10.0. The minimum Gasteiger partial charge on any atom is -0.211 e. The molecule has 1 atom stereocenters. The van der Waals surface area contributed by atoms with E-state index in [4.69, 9.17) is 11.6 Å². The fraction of sp³-hybridized carbons (Fsp3) is 0.200. The molecular formula is C15H16ClNO2S. The summed E-state index contributed by atoms with van der Waals surface area (Å²) in [6.07, 6.45) is 0. The number of halogens is 1. The molecule has 2 rings (SSSR count). The molecule has 0 amide bonds. The van der Waals surface area contributed by atoms with Crippen LogP contribution in [0.1, 0.15) is 18.4 Å². The molecule has 20 heavy (non-hydrogen) atoms. The summed E-state index contributed by atoms with van der Waals surface area (Å²) in [7, 11) is -3.58. The Labute approximate surface area is 124 Å². The maximum atomic E-state index is 12.2. The fourth-order valence-corrected chi connectivity index (χ4v) is 3.52. The van der Waals surface area contributed by atoms with Gasteiger partial charge in [-0.25, -0.2) is 13.1 Å². The Morgan fingerprint density at radius 1 is 1.05 bits per heavy atom. The van der Waals surface area contributed by atoms with Crippen LogP contribution < -0.4 is 4.72 Å². The minimum atomic E-state index is -3.58. The molecule has 0 fully saturated rings. The van der Waals surface area contributed by atoms with Gasteiger partial charge in [0.25, 0.3) is 0 Å². The van der Waals surface area contributed by atoms with Gasteiger partial charge >= 0.3 is 0 Å². The van der Waals surface area contributed by atoms with Gasteiger partial charge in [0.05, 0.1) is 5.02 Å². The Bertz CT molecular complexity index is 671. The summed E-state index contributed by atoms with van der Waals surface area (Å²) < 4.78 is 27.0. The number of rotatable bonds is 5. The number of hydrogen-bond donors (Lipinski definition) is 1. The van der Waals surface area contributed by atoms with Crippen LogP contribution in [-0.4, -0.2) is 15.0 Å². The van der Waals surface area contributed by atoms with Crippen LogP contribution in [0.2, 0.25) is 5.02 Å². The molecule has 0 heterocycles. The van der Waals surface area contributed by atoms with E-state index in [9.17, 15) is 8.42 Å². The molecule has 0 unspecified atom stereocenters. The molecule has 0 aromatic heterocycles. The zero-order valence-electron chi connectivity index (χ0n) is 11.1. The number of hydrogen-bond acceptors (Lipinski definition) is 2. The van der Waals surface area contributed by atoms with Gasteiger partial charge in [-0.2, -0.15) is 0 Å². The average molecular weight is 310 g/mol. The topological polar surface area (TPSA) is 46.2 Å². The van der Waals surface area contributed by atoms with Crippen LogP contribution in [-0.2, 0) is 10.0 Å². The molecule has 3 nitrogen and oxygen atoms in total. The lowest BCUT2D eigenvalue weighted by molar-refractivity contribution is 0.575. The predicted molar refractivity (Wildman–Crippen MR) is 81.5 cm³/mol. The molecule has 2 aromatic carbocycles. The van der Waals surface area contributed by atoms with Crippen molar-refractivity contribution in [1.82, 2.24) is 4.72 Å². The molecular weight excluding hydrogens is 294 g/mol. The van der Waals surface area contributed by atoms with Crippen molar-refractivity contribution in [3.05, 3.63) is 65.2 Å². The van der Waals surface area contributed by atoms with Crippen molar-refractivity contribution in [3.8, 4) is 0 Å². The van der Waals surface area contributed by atoms with E-state index in [1.807, 2.05) is 37.3 Å². The Morgan fingerprint density at radius 3 is 2.30 bits per heavy atom. The third-order valence-electron chi connectivity index (χ3n) is 3.07. The summed E-state index contributed by atoms with van der Waals surface area (Å²) in [5.41, 5.74) is 1.09. The first-order valence-corrected chi connectivity index (χ1v) is 8.16. The van der Waals surface area contributed by atoms with Gasteiger partial charge in [0.2, 0.25) is 10.0 Å². The molecule has 0 bridgehead atoms. The van der Waals surface area contributed by atoms with Crippen LogP contribution in [0.5, 0.6) is 0 Å². The van der Waals surface area contributed by atoms with Crippen LogP contribution in [0, 0.1) is 0 Å². The quantitative estimate of drug-likeness (QED) is 0.920. The van der Waals surface area contributed by atoms with Crippen molar-refractivity contribution >= 4 is 21.6 Å². The summed E-state index contributed by atoms with van der Waals surface area (Å²) >= 11 is 5.92. The maximum Gasteiger partial charge on any atom is 0.242 e. The molecule has 0 aliphatic carbocycles. The van der Waals surface area contributed by atoms with Crippen molar-refractivity contribution in [2.75, 3.05) is 6.54 Å². The monoisotopic (exact) mass is 309 g/mol. The van der Waals surface area contributed by atoms with Gasteiger partial charge in [0.1, 0.15) is 4.90 Å². The second kappa shape index (κ2) is 6.39. The van der Waals surface area contributed by atoms with E-state index in [1.165, 1.54) is 6.07 Å². The van der Waals surface area contributed by atoms with Crippen molar-refractivity contribution in [1.29, 1.82) is 0 Å². The van der Waals surface area contributed by atoms with Crippen molar-refractivity contribution in [3.63, 3.8) is 0 Å². The molecule has 0 radical (unpaired) electrons. The maximum absolute atomic E-state index is 12.2. The second-order valence-corrected chi connectivity index (χ2v) is 6.74. The molecule has 106 valence electrons. The highest BCUT2D eigenvalue weighted by atomic mass is 35.5. The van der Waals surface area contributed by atoms with E-state index in [2.05, 4.69) is 4.72 Å². The molecule has 5 heteroatoms. The zero-order valence-corrected chi connectivity index (χ0v) is 12.7. The Balaban J connectivity index is 2.09. The lowest BCUT2D eigenvalue weighted by Crippen LogP contribution is -2.27. The summed E-state index contributed by atoms with van der Waals surface area (Å²) in [4.78, 5) is 0.113. The van der Waals surface area contributed by atoms with Crippen LogP contribution >= 0.6 is 11.6 Å². The van der Waals surface area contributed by atoms with E-state index in [1.54, 1.807) is 18.2 Å². The van der Waals surface area contributed by atoms with Crippen LogP contribution in [0.4, 0.5) is 0 Å². The van der Waals surface area contributed by atoms with E-state index in [-0.39, 0.29) is 15.8 Å². The smallest absolute Gasteiger partial charge is 0.211 e. The van der Waals surface area contributed by atoms with Gasteiger partial charge in [-0.3, -0.25) is 0 Å². The zero-order chi connectivity index (χ0) is 14.6. The SMILES string of the molecule is C[C@H](CNS(=O)(=O)c1ccccc1Cl)c1ccccc1. The molecule has 0 spiro atoms. The number of nitrogens with one attached hydrogen (secondary N) is 1.